The lowest BCUT2D eigenvalue weighted by molar-refractivity contribution is 0.745. The number of fused-ring (bicyclic) bond motifs is 1. The molecule has 2 rings (SSSR count). The largest absolute Gasteiger partial charge is 0.244 e. The zero-order valence-corrected chi connectivity index (χ0v) is 11.8. The lowest BCUT2D eigenvalue weighted by atomic mass is 10.2. The molecule has 1 aliphatic rings. The summed E-state index contributed by atoms with van der Waals surface area (Å²) in [5, 5.41) is 1.08. The van der Waals surface area contributed by atoms with Gasteiger partial charge in [0.15, 0.2) is 0 Å². The van der Waals surface area contributed by atoms with E-state index >= 15 is 0 Å². The van der Waals surface area contributed by atoms with Crippen molar-refractivity contribution in [1.82, 2.24) is 0 Å². The van der Waals surface area contributed by atoms with Crippen molar-refractivity contribution in [3.63, 3.8) is 0 Å². The van der Waals surface area contributed by atoms with Crippen LogP contribution in [0.15, 0.2) is 34.2 Å². The van der Waals surface area contributed by atoms with E-state index in [0.717, 1.165) is 28.5 Å². The molecule has 1 aromatic rings. The standard InChI is InChI=1S/C12H15NS3/c1-2-3-4-9-12-13-10-7-5-6-8-11(10)16(12,14)15/h5-8H,2-4,9H2,1H3. The van der Waals surface area contributed by atoms with E-state index in [1.807, 2.05) is 24.3 Å². The topological polar surface area (TPSA) is 12.4 Å². The minimum absolute atomic E-state index is 0.977. The lowest BCUT2D eigenvalue weighted by Crippen LogP contribution is -2.07. The minimum atomic E-state index is -1.61. The van der Waals surface area contributed by atoms with Gasteiger partial charge < -0.3 is 0 Å². The molecule has 1 aromatic carbocycles. The Labute approximate surface area is 107 Å². The normalized spacial score (nSPS) is 16.9. The van der Waals surface area contributed by atoms with Gasteiger partial charge in [0.05, 0.1) is 10.7 Å². The van der Waals surface area contributed by atoms with Crippen LogP contribution in [0.5, 0.6) is 0 Å². The van der Waals surface area contributed by atoms with E-state index in [1.54, 1.807) is 0 Å². The maximum absolute atomic E-state index is 5.60. The van der Waals surface area contributed by atoms with E-state index in [1.165, 1.54) is 12.8 Å². The summed E-state index contributed by atoms with van der Waals surface area (Å²) in [5.41, 5.74) is 1.01. The summed E-state index contributed by atoms with van der Waals surface area (Å²) in [6.45, 7) is 2.20. The maximum atomic E-state index is 5.60. The van der Waals surface area contributed by atoms with Gasteiger partial charge in [0.25, 0.3) is 0 Å². The summed E-state index contributed by atoms with van der Waals surface area (Å²) in [6.07, 6.45) is 4.59. The smallest absolute Gasteiger partial charge is 0.0864 e. The van der Waals surface area contributed by atoms with Crippen LogP contribution in [-0.4, -0.2) is 5.04 Å². The molecule has 0 radical (unpaired) electrons. The number of unbranched alkanes of at least 4 members (excludes halogenated alkanes) is 2. The minimum Gasteiger partial charge on any atom is -0.244 e. The highest BCUT2D eigenvalue weighted by molar-refractivity contribution is 8.63. The monoisotopic (exact) mass is 269 g/mol. The molecular weight excluding hydrogens is 254 g/mol. The van der Waals surface area contributed by atoms with Crippen LogP contribution >= 0.6 is 0 Å². The average Bonchev–Trinajstić information content (AvgIpc) is 2.52. The molecule has 0 spiro atoms. The number of nitrogens with zero attached hydrogens (tertiary/aromatic N) is 1. The van der Waals surface area contributed by atoms with Crippen LogP contribution in [-0.2, 0) is 29.5 Å². The lowest BCUT2D eigenvalue weighted by Gasteiger charge is -2.06. The number of rotatable bonds is 4. The second-order valence-electron chi connectivity index (χ2n) is 3.93. The van der Waals surface area contributed by atoms with Crippen molar-refractivity contribution >= 4 is 40.3 Å². The van der Waals surface area contributed by atoms with Gasteiger partial charge in [-0.1, -0.05) is 31.9 Å². The Morgan fingerprint density at radius 1 is 1.19 bits per heavy atom. The summed E-state index contributed by atoms with van der Waals surface area (Å²) in [6, 6.07) is 8.06. The van der Waals surface area contributed by atoms with Crippen LogP contribution in [0.2, 0.25) is 0 Å². The van der Waals surface area contributed by atoms with Crippen molar-refractivity contribution < 1.29 is 0 Å². The molecule has 0 N–H and O–H groups in total. The van der Waals surface area contributed by atoms with Gasteiger partial charge in [-0.15, -0.1) is 0 Å². The Kier molecular flexibility index (Phi) is 3.72. The van der Waals surface area contributed by atoms with Crippen LogP contribution in [0.4, 0.5) is 5.69 Å². The third kappa shape index (κ3) is 2.19. The molecule has 0 unspecified atom stereocenters. The first-order valence-electron chi connectivity index (χ1n) is 5.58. The molecular formula is C12H15NS3. The van der Waals surface area contributed by atoms with E-state index in [-0.39, 0.29) is 0 Å². The fourth-order valence-electron chi connectivity index (χ4n) is 1.81. The molecule has 0 bridgehead atoms. The van der Waals surface area contributed by atoms with Crippen molar-refractivity contribution in [2.24, 2.45) is 4.99 Å². The first kappa shape index (κ1) is 12.1. The Morgan fingerprint density at radius 3 is 2.62 bits per heavy atom. The van der Waals surface area contributed by atoms with Gasteiger partial charge in [0.1, 0.15) is 0 Å². The maximum Gasteiger partial charge on any atom is 0.0864 e. The molecule has 0 amide bonds. The fourth-order valence-corrected chi connectivity index (χ4v) is 4.92. The van der Waals surface area contributed by atoms with E-state index in [0.29, 0.717) is 0 Å². The highest BCUT2D eigenvalue weighted by atomic mass is 33.1. The number of benzene rings is 1. The van der Waals surface area contributed by atoms with E-state index in [9.17, 15) is 0 Å². The van der Waals surface area contributed by atoms with Crippen LogP contribution in [0.1, 0.15) is 32.6 Å². The van der Waals surface area contributed by atoms with Gasteiger partial charge >= 0.3 is 0 Å². The molecule has 0 atom stereocenters. The second-order valence-corrected chi connectivity index (χ2v) is 9.48. The zero-order chi connectivity index (χ0) is 11.6. The molecule has 0 aromatic heterocycles. The van der Waals surface area contributed by atoms with Gasteiger partial charge in [0.2, 0.25) is 0 Å². The van der Waals surface area contributed by atoms with Gasteiger partial charge in [-0.3, -0.25) is 0 Å². The average molecular weight is 269 g/mol. The van der Waals surface area contributed by atoms with E-state index in [4.69, 9.17) is 22.4 Å². The summed E-state index contributed by atoms with van der Waals surface area (Å²) in [5.74, 6) is 0. The number of aliphatic imine (C=N–C) groups is 1. The van der Waals surface area contributed by atoms with Gasteiger partial charge in [0, 0.05) is 4.90 Å². The first-order valence-corrected chi connectivity index (χ1v) is 9.06. The van der Waals surface area contributed by atoms with Crippen molar-refractivity contribution in [3.8, 4) is 0 Å². The van der Waals surface area contributed by atoms with Crippen molar-refractivity contribution in [2.45, 2.75) is 37.5 Å². The Balaban J connectivity index is 2.25. The Hall–Kier alpha value is -0.320. The van der Waals surface area contributed by atoms with Crippen LogP contribution < -0.4 is 0 Å². The highest BCUT2D eigenvalue weighted by Crippen LogP contribution is 2.34. The van der Waals surface area contributed by atoms with E-state index in [2.05, 4.69) is 11.9 Å². The predicted molar refractivity (Wildman–Crippen MR) is 78.0 cm³/mol. The molecule has 86 valence electrons. The van der Waals surface area contributed by atoms with Gasteiger partial charge in [-0.2, -0.15) is 0 Å². The third-order valence-corrected chi connectivity index (χ3v) is 6.78. The molecule has 16 heavy (non-hydrogen) atoms. The summed E-state index contributed by atoms with van der Waals surface area (Å²) >= 11 is 11.2. The summed E-state index contributed by atoms with van der Waals surface area (Å²) in [7, 11) is -1.61. The summed E-state index contributed by atoms with van der Waals surface area (Å²) < 4.78 is 0. The molecule has 1 nitrogen and oxygen atoms in total. The predicted octanol–water partition coefficient (Wildman–Crippen LogP) is 3.75. The zero-order valence-electron chi connectivity index (χ0n) is 9.31. The number of para-hydroxylation sites is 1. The SMILES string of the molecule is CCCCCC1=Nc2ccccc2S1(=S)=S. The van der Waals surface area contributed by atoms with Gasteiger partial charge in [-0.25, -0.2) is 4.99 Å². The second kappa shape index (κ2) is 4.90. The highest BCUT2D eigenvalue weighted by Gasteiger charge is 2.23. The molecule has 0 fully saturated rings. The Morgan fingerprint density at radius 2 is 1.94 bits per heavy atom. The number of hydrogen-bond acceptors (Lipinski definition) is 3. The van der Waals surface area contributed by atoms with Gasteiger partial charge in [-0.05, 0) is 54.5 Å². The molecule has 0 aliphatic carbocycles. The van der Waals surface area contributed by atoms with Crippen LogP contribution in [0, 0.1) is 0 Å². The quantitative estimate of drug-likeness (QED) is 0.772. The third-order valence-electron chi connectivity index (χ3n) is 2.70. The van der Waals surface area contributed by atoms with Crippen molar-refractivity contribution in [1.29, 1.82) is 0 Å². The molecule has 1 heterocycles. The van der Waals surface area contributed by atoms with E-state index < -0.39 is 7.15 Å². The van der Waals surface area contributed by atoms with Crippen LogP contribution in [0.3, 0.4) is 0 Å². The van der Waals surface area contributed by atoms with Crippen molar-refractivity contribution in [2.75, 3.05) is 0 Å². The molecule has 0 saturated carbocycles. The fraction of sp³-hybridized carbons (Fsp3) is 0.417. The molecule has 1 aliphatic heterocycles. The van der Waals surface area contributed by atoms with Crippen LogP contribution in [0.25, 0.3) is 0 Å². The molecule has 0 saturated heterocycles. The number of hydrogen-bond donors (Lipinski definition) is 0. The first-order chi connectivity index (χ1) is 7.66. The summed E-state index contributed by atoms with van der Waals surface area (Å²) in [4.78, 5) is 5.72. The molecule has 4 heteroatoms. The van der Waals surface area contributed by atoms with Crippen molar-refractivity contribution in [3.05, 3.63) is 24.3 Å². The Bertz CT molecular complexity index is 515.